The van der Waals surface area contributed by atoms with Crippen molar-refractivity contribution in [3.63, 3.8) is 0 Å². The van der Waals surface area contributed by atoms with Crippen molar-refractivity contribution < 1.29 is 13.9 Å². The minimum atomic E-state index is -0.751. The van der Waals surface area contributed by atoms with Crippen LogP contribution >= 0.6 is 23.6 Å². The van der Waals surface area contributed by atoms with Crippen molar-refractivity contribution >= 4 is 45.4 Å². The Morgan fingerprint density at radius 2 is 2.17 bits per heavy atom. The SMILES string of the molecule is COc1ccc2oc(=O)c(C(=O)Nc3sc(=S)c4c(c3C#N)CCC(C)C4)cc2c1. The van der Waals surface area contributed by atoms with Gasteiger partial charge in [0.1, 0.15) is 28.0 Å². The highest BCUT2D eigenvalue weighted by Gasteiger charge is 2.24. The molecule has 1 N–H and O–H groups in total. The molecule has 3 aromatic rings. The Hall–Kier alpha value is -3.02. The van der Waals surface area contributed by atoms with Crippen molar-refractivity contribution in [1.29, 1.82) is 5.26 Å². The first-order chi connectivity index (χ1) is 14.4. The molecule has 4 rings (SSSR count). The first kappa shape index (κ1) is 20.3. The largest absolute Gasteiger partial charge is 0.497 e. The molecule has 0 spiro atoms. The van der Waals surface area contributed by atoms with Gasteiger partial charge in [0, 0.05) is 5.39 Å². The Morgan fingerprint density at radius 1 is 1.37 bits per heavy atom. The minimum absolute atomic E-state index is 0.149. The molecule has 2 heterocycles. The second-order valence-electron chi connectivity index (χ2n) is 7.32. The van der Waals surface area contributed by atoms with Gasteiger partial charge in [-0.2, -0.15) is 5.26 Å². The predicted molar refractivity (Wildman–Crippen MR) is 118 cm³/mol. The van der Waals surface area contributed by atoms with Gasteiger partial charge in [-0.25, -0.2) is 4.79 Å². The van der Waals surface area contributed by atoms with E-state index in [9.17, 15) is 14.9 Å². The Bertz CT molecular complexity index is 1330. The van der Waals surface area contributed by atoms with Gasteiger partial charge in [-0.3, -0.25) is 4.79 Å². The van der Waals surface area contributed by atoms with E-state index in [1.165, 1.54) is 24.5 Å². The molecule has 0 saturated heterocycles. The topological polar surface area (TPSA) is 92.3 Å². The predicted octanol–water partition coefficient (Wildman–Crippen LogP) is 4.84. The van der Waals surface area contributed by atoms with Gasteiger partial charge in [-0.1, -0.05) is 19.1 Å². The Morgan fingerprint density at radius 3 is 2.90 bits per heavy atom. The summed E-state index contributed by atoms with van der Waals surface area (Å²) >= 11 is 6.73. The second-order valence-corrected chi connectivity index (χ2v) is 9.00. The summed E-state index contributed by atoms with van der Waals surface area (Å²) in [7, 11) is 1.53. The molecule has 6 nitrogen and oxygen atoms in total. The fourth-order valence-corrected chi connectivity index (χ4v) is 5.09. The number of benzene rings is 1. The van der Waals surface area contributed by atoms with Crippen LogP contribution in [0.4, 0.5) is 5.00 Å². The van der Waals surface area contributed by atoms with Gasteiger partial charge in [0.05, 0.1) is 16.5 Å². The smallest absolute Gasteiger partial charge is 0.349 e. The molecule has 0 saturated carbocycles. The highest BCUT2D eigenvalue weighted by Crippen LogP contribution is 2.36. The van der Waals surface area contributed by atoms with Crippen molar-refractivity contribution in [2.75, 3.05) is 12.4 Å². The van der Waals surface area contributed by atoms with Crippen LogP contribution in [-0.2, 0) is 12.8 Å². The number of fused-ring (bicyclic) bond motifs is 2. The fourth-order valence-electron chi connectivity index (χ4n) is 3.70. The van der Waals surface area contributed by atoms with Crippen LogP contribution in [0, 0.1) is 21.1 Å². The first-order valence-corrected chi connectivity index (χ1v) is 10.7. The van der Waals surface area contributed by atoms with E-state index in [0.29, 0.717) is 37.0 Å². The number of ether oxygens (including phenoxy) is 1. The number of nitriles is 1. The lowest BCUT2D eigenvalue weighted by molar-refractivity contribution is 0.102. The molecule has 0 aliphatic heterocycles. The lowest BCUT2D eigenvalue weighted by Gasteiger charge is -2.23. The van der Waals surface area contributed by atoms with E-state index in [1.54, 1.807) is 18.2 Å². The van der Waals surface area contributed by atoms with Crippen LogP contribution in [0.3, 0.4) is 0 Å². The van der Waals surface area contributed by atoms with Crippen molar-refractivity contribution in [3.05, 3.63) is 60.8 Å². The molecule has 2 aromatic heterocycles. The molecule has 0 fully saturated rings. The second kappa shape index (κ2) is 8.01. The summed E-state index contributed by atoms with van der Waals surface area (Å²) in [5.41, 5.74) is 1.82. The number of nitrogens with one attached hydrogen (secondary N) is 1. The van der Waals surface area contributed by atoms with Crippen LogP contribution in [0.5, 0.6) is 5.75 Å². The number of carbonyl (C=O) groups excluding carboxylic acids is 1. The zero-order valence-corrected chi connectivity index (χ0v) is 18.0. The maximum absolute atomic E-state index is 12.9. The Kier molecular flexibility index (Phi) is 5.41. The van der Waals surface area contributed by atoms with E-state index >= 15 is 0 Å². The third-order valence-electron chi connectivity index (χ3n) is 5.30. The first-order valence-electron chi connectivity index (χ1n) is 9.43. The number of nitrogens with zero attached hydrogens (tertiary/aromatic N) is 1. The fraction of sp³-hybridized carbons (Fsp3) is 0.273. The number of anilines is 1. The monoisotopic (exact) mass is 438 g/mol. The quantitative estimate of drug-likeness (QED) is 0.465. The number of hydrogen-bond donors (Lipinski definition) is 1. The lowest BCUT2D eigenvalue weighted by atomic mass is 9.85. The Balaban J connectivity index is 1.75. The molecule has 152 valence electrons. The van der Waals surface area contributed by atoms with Crippen LogP contribution in [0.1, 0.15) is 40.4 Å². The molecule has 0 bridgehead atoms. The van der Waals surface area contributed by atoms with Gasteiger partial charge < -0.3 is 14.5 Å². The maximum Gasteiger partial charge on any atom is 0.349 e. The maximum atomic E-state index is 12.9. The van der Waals surface area contributed by atoms with E-state index in [4.69, 9.17) is 21.4 Å². The minimum Gasteiger partial charge on any atom is -0.497 e. The van der Waals surface area contributed by atoms with Crippen molar-refractivity contribution in [2.45, 2.75) is 26.2 Å². The zero-order valence-electron chi connectivity index (χ0n) is 16.4. The standard InChI is InChI=1S/C22H18N2O4S2/c1-11-3-5-14-15(7-11)22(29)30-20(17(14)10-23)24-19(25)16-9-12-8-13(27-2)4-6-18(12)28-21(16)26/h4,6,8-9,11H,3,5,7H2,1-2H3,(H,24,25). The molecule has 1 aliphatic rings. The van der Waals surface area contributed by atoms with Gasteiger partial charge in [0.15, 0.2) is 0 Å². The average Bonchev–Trinajstić information content (AvgIpc) is 2.73. The average molecular weight is 439 g/mol. The van der Waals surface area contributed by atoms with Crippen molar-refractivity contribution in [2.24, 2.45) is 5.92 Å². The van der Waals surface area contributed by atoms with Crippen LogP contribution in [0.2, 0.25) is 0 Å². The highest BCUT2D eigenvalue weighted by atomic mass is 32.1. The number of amides is 1. The summed E-state index contributed by atoms with van der Waals surface area (Å²) in [6.07, 6.45) is 2.55. The third-order valence-corrected chi connectivity index (χ3v) is 6.74. The molecular weight excluding hydrogens is 420 g/mol. The van der Waals surface area contributed by atoms with Gasteiger partial charge in [-0.05, 0) is 60.6 Å². The normalized spacial score (nSPS) is 15.3. The summed E-state index contributed by atoms with van der Waals surface area (Å²) in [5, 5.41) is 13.4. The summed E-state index contributed by atoms with van der Waals surface area (Å²) in [5.74, 6) is 0.453. The molecule has 30 heavy (non-hydrogen) atoms. The molecular formula is C22H18N2O4S2. The van der Waals surface area contributed by atoms with E-state index in [2.05, 4.69) is 18.3 Å². The van der Waals surface area contributed by atoms with Crippen LogP contribution < -0.4 is 15.7 Å². The summed E-state index contributed by atoms with van der Waals surface area (Å²) in [6, 6.07) is 8.64. The summed E-state index contributed by atoms with van der Waals surface area (Å²) < 4.78 is 11.1. The number of methoxy groups -OCH3 is 1. The van der Waals surface area contributed by atoms with Gasteiger partial charge in [0.25, 0.3) is 5.91 Å². The van der Waals surface area contributed by atoms with E-state index in [0.717, 1.165) is 30.4 Å². The van der Waals surface area contributed by atoms with E-state index in [1.807, 2.05) is 0 Å². The summed E-state index contributed by atoms with van der Waals surface area (Å²) in [4.78, 5) is 25.3. The molecule has 1 atom stereocenters. The molecule has 1 amide bonds. The summed E-state index contributed by atoms with van der Waals surface area (Å²) in [6.45, 7) is 2.16. The van der Waals surface area contributed by atoms with E-state index < -0.39 is 11.5 Å². The van der Waals surface area contributed by atoms with Crippen LogP contribution in [-0.4, -0.2) is 13.0 Å². The van der Waals surface area contributed by atoms with Crippen LogP contribution in [0.25, 0.3) is 11.0 Å². The van der Waals surface area contributed by atoms with Gasteiger partial charge in [0.2, 0.25) is 0 Å². The number of carbonyl (C=O) groups is 1. The van der Waals surface area contributed by atoms with Crippen molar-refractivity contribution in [3.8, 4) is 11.8 Å². The highest BCUT2D eigenvalue weighted by molar-refractivity contribution is 7.73. The molecule has 8 heteroatoms. The van der Waals surface area contributed by atoms with Crippen LogP contribution in [0.15, 0.2) is 33.5 Å². The molecule has 1 unspecified atom stereocenters. The van der Waals surface area contributed by atoms with E-state index in [-0.39, 0.29) is 5.56 Å². The molecule has 1 aliphatic carbocycles. The van der Waals surface area contributed by atoms with Crippen molar-refractivity contribution in [1.82, 2.24) is 0 Å². The van der Waals surface area contributed by atoms with Gasteiger partial charge >= 0.3 is 5.63 Å². The van der Waals surface area contributed by atoms with Gasteiger partial charge in [-0.15, -0.1) is 11.3 Å². The number of rotatable bonds is 3. The molecule has 0 radical (unpaired) electrons. The Labute approximate surface area is 181 Å². The lowest BCUT2D eigenvalue weighted by Crippen LogP contribution is -2.21. The zero-order chi connectivity index (χ0) is 21.4. The third kappa shape index (κ3) is 3.62. The number of hydrogen-bond acceptors (Lipinski definition) is 7. The molecule has 1 aromatic carbocycles.